The molecular formula is C12H17N3OS. The Morgan fingerprint density at radius 1 is 1.41 bits per heavy atom. The molecule has 1 unspecified atom stereocenters. The van der Waals surface area contributed by atoms with Crippen molar-refractivity contribution in [3.63, 3.8) is 0 Å². The van der Waals surface area contributed by atoms with Gasteiger partial charge in [0.25, 0.3) is 0 Å². The van der Waals surface area contributed by atoms with Crippen LogP contribution in [-0.4, -0.2) is 35.1 Å². The fraction of sp³-hybridized carbons (Fsp3) is 0.583. The van der Waals surface area contributed by atoms with Crippen LogP contribution in [0.1, 0.15) is 24.1 Å². The zero-order chi connectivity index (χ0) is 12.4. The summed E-state index contributed by atoms with van der Waals surface area (Å²) in [5.41, 5.74) is 2.08. The number of rotatable bonds is 3. The van der Waals surface area contributed by atoms with Crippen LogP contribution in [-0.2, 0) is 4.79 Å². The summed E-state index contributed by atoms with van der Waals surface area (Å²) < 4.78 is 0. The molecule has 2 rings (SSSR count). The molecule has 1 aromatic rings. The summed E-state index contributed by atoms with van der Waals surface area (Å²) in [7, 11) is 0. The summed E-state index contributed by atoms with van der Waals surface area (Å²) >= 11 is 1.54. The van der Waals surface area contributed by atoms with E-state index in [1.54, 1.807) is 0 Å². The summed E-state index contributed by atoms with van der Waals surface area (Å²) in [6.45, 7) is 4.93. The van der Waals surface area contributed by atoms with E-state index in [4.69, 9.17) is 0 Å². The molecule has 1 atom stereocenters. The molecule has 1 saturated heterocycles. The second kappa shape index (κ2) is 5.04. The number of aryl methyl sites for hydroxylation is 1. The van der Waals surface area contributed by atoms with Crippen LogP contribution in [0.15, 0.2) is 5.16 Å². The number of carbonyl (C=O) groups is 1. The zero-order valence-electron chi connectivity index (χ0n) is 10.4. The lowest BCUT2D eigenvalue weighted by atomic mass is 10.2. The second-order valence-corrected chi connectivity index (χ2v) is 5.06. The highest BCUT2D eigenvalue weighted by Gasteiger charge is 2.27. The van der Waals surface area contributed by atoms with Gasteiger partial charge in [0.1, 0.15) is 12.1 Å². The number of aromatic nitrogens is 2. The first-order chi connectivity index (χ1) is 8.17. The van der Waals surface area contributed by atoms with Crippen LogP contribution in [0.4, 0.5) is 5.82 Å². The third-order valence-electron chi connectivity index (χ3n) is 3.25. The summed E-state index contributed by atoms with van der Waals surface area (Å²) in [6.07, 6.45) is 4.98. The van der Waals surface area contributed by atoms with Crippen molar-refractivity contribution >= 4 is 23.9 Å². The number of nitrogens with zero attached hydrogens (tertiary/aromatic N) is 3. The minimum Gasteiger partial charge on any atom is -0.347 e. The fourth-order valence-corrected chi connectivity index (χ4v) is 2.56. The molecule has 1 aliphatic rings. The van der Waals surface area contributed by atoms with E-state index in [-0.39, 0.29) is 6.04 Å². The number of hydrogen-bond acceptors (Lipinski definition) is 5. The highest BCUT2D eigenvalue weighted by molar-refractivity contribution is 7.98. The first kappa shape index (κ1) is 12.4. The minimum atomic E-state index is -0.0160. The monoisotopic (exact) mass is 251 g/mol. The molecule has 5 heteroatoms. The number of anilines is 1. The molecule has 0 aliphatic carbocycles. The Hall–Kier alpha value is -1.10. The van der Waals surface area contributed by atoms with Crippen LogP contribution in [0, 0.1) is 13.8 Å². The Bertz CT molecular complexity index is 436. The van der Waals surface area contributed by atoms with Crippen LogP contribution >= 0.6 is 11.8 Å². The summed E-state index contributed by atoms with van der Waals surface area (Å²) in [5.74, 6) is 0.927. The Kier molecular flexibility index (Phi) is 3.66. The van der Waals surface area contributed by atoms with E-state index in [2.05, 4.69) is 14.9 Å². The number of thioether (sulfide) groups is 1. The Morgan fingerprint density at radius 2 is 2.18 bits per heavy atom. The largest absolute Gasteiger partial charge is 0.347 e. The molecule has 0 saturated carbocycles. The van der Waals surface area contributed by atoms with Gasteiger partial charge in [-0.2, -0.15) is 0 Å². The molecule has 92 valence electrons. The summed E-state index contributed by atoms with van der Waals surface area (Å²) in [4.78, 5) is 22.1. The predicted molar refractivity (Wildman–Crippen MR) is 69.7 cm³/mol. The van der Waals surface area contributed by atoms with Crippen molar-refractivity contribution in [2.45, 2.75) is 37.9 Å². The number of hydrogen-bond donors (Lipinski definition) is 0. The van der Waals surface area contributed by atoms with E-state index in [9.17, 15) is 4.79 Å². The number of aldehydes is 1. The van der Waals surface area contributed by atoms with E-state index < -0.39 is 0 Å². The van der Waals surface area contributed by atoms with E-state index in [1.165, 1.54) is 11.8 Å². The van der Waals surface area contributed by atoms with Crippen molar-refractivity contribution < 1.29 is 4.79 Å². The van der Waals surface area contributed by atoms with Crippen molar-refractivity contribution in [2.75, 3.05) is 17.7 Å². The fourth-order valence-electron chi connectivity index (χ4n) is 2.16. The quantitative estimate of drug-likeness (QED) is 0.467. The van der Waals surface area contributed by atoms with E-state index in [0.29, 0.717) is 0 Å². The van der Waals surface area contributed by atoms with Gasteiger partial charge in [-0.25, -0.2) is 9.97 Å². The van der Waals surface area contributed by atoms with Crippen LogP contribution in [0.2, 0.25) is 0 Å². The maximum absolute atomic E-state index is 11.1. The third kappa shape index (κ3) is 2.29. The van der Waals surface area contributed by atoms with Gasteiger partial charge in [0, 0.05) is 17.8 Å². The van der Waals surface area contributed by atoms with Gasteiger partial charge in [0.2, 0.25) is 0 Å². The maximum atomic E-state index is 11.1. The summed E-state index contributed by atoms with van der Waals surface area (Å²) in [5, 5.41) is 0.777. The van der Waals surface area contributed by atoms with Gasteiger partial charge in [0.05, 0.1) is 6.04 Å². The molecule has 0 bridgehead atoms. The molecule has 2 heterocycles. The molecule has 17 heavy (non-hydrogen) atoms. The van der Waals surface area contributed by atoms with Crippen LogP contribution in [0.3, 0.4) is 0 Å². The zero-order valence-corrected chi connectivity index (χ0v) is 11.3. The molecule has 0 N–H and O–H groups in total. The molecule has 4 nitrogen and oxygen atoms in total. The molecular weight excluding hydrogens is 234 g/mol. The van der Waals surface area contributed by atoms with Crippen LogP contribution < -0.4 is 4.90 Å². The van der Waals surface area contributed by atoms with Crippen molar-refractivity contribution in [1.29, 1.82) is 0 Å². The van der Waals surface area contributed by atoms with Crippen LogP contribution in [0.5, 0.6) is 0 Å². The maximum Gasteiger partial charge on any atom is 0.189 e. The van der Waals surface area contributed by atoms with Gasteiger partial charge in [-0.05, 0) is 32.9 Å². The highest BCUT2D eigenvalue weighted by atomic mass is 32.2. The lowest BCUT2D eigenvalue weighted by Gasteiger charge is -2.24. The Balaban J connectivity index is 2.43. The van der Waals surface area contributed by atoms with Gasteiger partial charge in [-0.15, -0.1) is 0 Å². The van der Waals surface area contributed by atoms with Crippen molar-refractivity contribution in [3.8, 4) is 0 Å². The minimum absolute atomic E-state index is 0.0160. The third-order valence-corrected chi connectivity index (χ3v) is 3.80. The normalized spacial score (nSPS) is 19.7. The van der Waals surface area contributed by atoms with Gasteiger partial charge < -0.3 is 9.69 Å². The second-order valence-electron chi connectivity index (χ2n) is 4.28. The van der Waals surface area contributed by atoms with Crippen molar-refractivity contribution in [1.82, 2.24) is 9.97 Å². The molecule has 0 spiro atoms. The van der Waals surface area contributed by atoms with Crippen LogP contribution in [0.25, 0.3) is 0 Å². The molecule has 1 aromatic heterocycles. The molecule has 1 fully saturated rings. The SMILES string of the molecule is CSc1nc(C)c(C)c(N2CCCC2C=O)n1. The Labute approximate surface area is 106 Å². The van der Waals surface area contributed by atoms with Gasteiger partial charge in [-0.3, -0.25) is 0 Å². The number of carbonyl (C=O) groups excluding carboxylic acids is 1. The van der Waals surface area contributed by atoms with E-state index >= 15 is 0 Å². The van der Waals surface area contributed by atoms with Gasteiger partial charge in [0.15, 0.2) is 5.16 Å². The first-order valence-corrected chi connectivity index (χ1v) is 7.01. The first-order valence-electron chi connectivity index (χ1n) is 5.78. The standard InChI is InChI=1S/C12H17N3OS/c1-8-9(2)13-12(17-3)14-11(8)15-6-4-5-10(15)7-16/h7,10H,4-6H2,1-3H3. The molecule has 1 aliphatic heterocycles. The van der Waals surface area contributed by atoms with Gasteiger partial charge >= 0.3 is 0 Å². The van der Waals surface area contributed by atoms with Gasteiger partial charge in [-0.1, -0.05) is 11.8 Å². The topological polar surface area (TPSA) is 46.1 Å². The molecule has 0 aromatic carbocycles. The molecule has 0 radical (unpaired) electrons. The summed E-state index contributed by atoms with van der Waals surface area (Å²) in [6, 6.07) is -0.0160. The van der Waals surface area contributed by atoms with E-state index in [1.807, 2.05) is 20.1 Å². The average Bonchev–Trinajstić information content (AvgIpc) is 2.80. The van der Waals surface area contributed by atoms with E-state index in [0.717, 1.165) is 47.9 Å². The lowest BCUT2D eigenvalue weighted by molar-refractivity contribution is -0.108. The Morgan fingerprint density at radius 3 is 2.82 bits per heavy atom. The smallest absolute Gasteiger partial charge is 0.189 e. The molecule has 0 amide bonds. The van der Waals surface area contributed by atoms with Crippen molar-refractivity contribution in [2.24, 2.45) is 0 Å². The van der Waals surface area contributed by atoms with Crippen molar-refractivity contribution in [3.05, 3.63) is 11.3 Å². The highest BCUT2D eigenvalue weighted by Crippen LogP contribution is 2.28. The predicted octanol–water partition coefficient (Wildman–Crippen LogP) is 1.98. The average molecular weight is 251 g/mol. The lowest BCUT2D eigenvalue weighted by Crippen LogP contribution is -2.32.